The zero-order valence-corrected chi connectivity index (χ0v) is 8.76. The quantitative estimate of drug-likeness (QED) is 0.639. The van der Waals surface area contributed by atoms with Crippen LogP contribution in [0.2, 0.25) is 0 Å². The Hall–Kier alpha value is -1.61. The number of hydrogen-bond acceptors (Lipinski definition) is 2. The zero-order valence-electron chi connectivity index (χ0n) is 8.76. The first-order valence-electron chi connectivity index (χ1n) is 5.52. The summed E-state index contributed by atoms with van der Waals surface area (Å²) >= 11 is 0. The van der Waals surface area contributed by atoms with Gasteiger partial charge in [-0.25, -0.2) is 0 Å². The third-order valence-corrected chi connectivity index (χ3v) is 3.38. The van der Waals surface area contributed by atoms with E-state index in [0.29, 0.717) is 6.42 Å². The topological polar surface area (TPSA) is 49.3 Å². The van der Waals surface area contributed by atoms with Crippen LogP contribution in [0.5, 0.6) is 0 Å². The third-order valence-electron chi connectivity index (χ3n) is 3.38. The standard InChI is InChI=1S/C13H13NO2/c15-11-7-3-6-9-8-4-1-2-5-10(8)13(16)14-12(9)11/h1-6,9,11-12,15H,7H2,(H,14,16)/t9-,11-,12+/m0/s1. The lowest BCUT2D eigenvalue weighted by Gasteiger charge is -2.37. The average molecular weight is 215 g/mol. The number of benzene rings is 1. The molecule has 3 atom stereocenters. The van der Waals surface area contributed by atoms with Crippen LogP contribution >= 0.6 is 0 Å². The number of nitrogens with one attached hydrogen (secondary N) is 1. The Morgan fingerprint density at radius 3 is 3.00 bits per heavy atom. The van der Waals surface area contributed by atoms with Crippen molar-refractivity contribution in [3.05, 3.63) is 47.5 Å². The number of aliphatic hydroxyl groups is 1. The molecule has 3 rings (SSSR count). The van der Waals surface area contributed by atoms with E-state index < -0.39 is 6.10 Å². The van der Waals surface area contributed by atoms with E-state index in [0.717, 1.165) is 11.1 Å². The van der Waals surface area contributed by atoms with Crippen LogP contribution in [0.3, 0.4) is 0 Å². The number of hydrogen-bond donors (Lipinski definition) is 2. The van der Waals surface area contributed by atoms with Gasteiger partial charge in [-0.3, -0.25) is 4.79 Å². The number of amides is 1. The van der Waals surface area contributed by atoms with Crippen molar-refractivity contribution in [2.45, 2.75) is 24.5 Å². The van der Waals surface area contributed by atoms with Crippen LogP contribution in [0.25, 0.3) is 0 Å². The molecule has 1 aromatic rings. The fraction of sp³-hybridized carbons (Fsp3) is 0.308. The molecule has 0 radical (unpaired) electrons. The minimum absolute atomic E-state index is 0.0776. The van der Waals surface area contributed by atoms with Crippen LogP contribution in [0.1, 0.15) is 28.3 Å². The molecule has 2 N–H and O–H groups in total. The number of aliphatic hydroxyl groups excluding tert-OH is 1. The van der Waals surface area contributed by atoms with Crippen molar-refractivity contribution in [3.8, 4) is 0 Å². The maximum Gasteiger partial charge on any atom is 0.251 e. The molecule has 1 aliphatic heterocycles. The summed E-state index contributed by atoms with van der Waals surface area (Å²) in [5.41, 5.74) is 1.74. The van der Waals surface area contributed by atoms with E-state index in [1.54, 1.807) is 0 Å². The smallest absolute Gasteiger partial charge is 0.251 e. The molecule has 16 heavy (non-hydrogen) atoms. The molecule has 0 aromatic heterocycles. The number of carbonyl (C=O) groups excluding carboxylic acids is 1. The highest BCUT2D eigenvalue weighted by Crippen LogP contribution is 2.33. The molecule has 3 heteroatoms. The highest BCUT2D eigenvalue weighted by Gasteiger charge is 2.37. The SMILES string of the molecule is O=C1N[C@H]2[C@@H](O)CC=C[C@H]2c2ccccc21. The molecule has 0 saturated carbocycles. The van der Waals surface area contributed by atoms with Crippen molar-refractivity contribution in [2.75, 3.05) is 0 Å². The van der Waals surface area contributed by atoms with Crippen molar-refractivity contribution in [3.63, 3.8) is 0 Å². The fourth-order valence-electron chi connectivity index (χ4n) is 2.58. The van der Waals surface area contributed by atoms with Gasteiger partial charge in [0.1, 0.15) is 0 Å². The van der Waals surface area contributed by atoms with Gasteiger partial charge in [0.05, 0.1) is 12.1 Å². The van der Waals surface area contributed by atoms with Crippen LogP contribution in [0.4, 0.5) is 0 Å². The average Bonchev–Trinajstić information content (AvgIpc) is 2.31. The maximum atomic E-state index is 11.8. The molecule has 1 amide bonds. The maximum absolute atomic E-state index is 11.8. The Morgan fingerprint density at radius 1 is 1.31 bits per heavy atom. The van der Waals surface area contributed by atoms with Crippen molar-refractivity contribution in [1.82, 2.24) is 5.32 Å². The summed E-state index contributed by atoms with van der Waals surface area (Å²) in [6, 6.07) is 7.42. The molecule has 0 spiro atoms. The van der Waals surface area contributed by atoms with Crippen LogP contribution < -0.4 is 5.32 Å². The summed E-state index contributed by atoms with van der Waals surface area (Å²) in [7, 11) is 0. The second-order valence-corrected chi connectivity index (χ2v) is 4.34. The first-order chi connectivity index (χ1) is 7.77. The molecule has 0 fully saturated rings. The summed E-state index contributed by atoms with van der Waals surface area (Å²) in [5.74, 6) is 0.0313. The Morgan fingerprint density at radius 2 is 2.12 bits per heavy atom. The Kier molecular flexibility index (Phi) is 2.07. The van der Waals surface area contributed by atoms with Gasteiger partial charge in [-0.2, -0.15) is 0 Å². The lowest BCUT2D eigenvalue weighted by molar-refractivity contribution is 0.0771. The molecule has 0 saturated heterocycles. The minimum atomic E-state index is -0.479. The van der Waals surface area contributed by atoms with E-state index >= 15 is 0 Å². The highest BCUT2D eigenvalue weighted by atomic mass is 16.3. The monoisotopic (exact) mass is 215 g/mol. The van der Waals surface area contributed by atoms with E-state index in [-0.39, 0.29) is 17.9 Å². The van der Waals surface area contributed by atoms with E-state index in [2.05, 4.69) is 11.4 Å². The van der Waals surface area contributed by atoms with Crippen LogP contribution in [-0.2, 0) is 0 Å². The molecule has 3 nitrogen and oxygen atoms in total. The second-order valence-electron chi connectivity index (χ2n) is 4.34. The first-order valence-corrected chi connectivity index (χ1v) is 5.52. The Bertz CT molecular complexity index is 467. The van der Waals surface area contributed by atoms with Crippen molar-refractivity contribution < 1.29 is 9.90 Å². The zero-order chi connectivity index (χ0) is 11.1. The highest BCUT2D eigenvalue weighted by molar-refractivity contribution is 5.97. The number of rotatable bonds is 0. The van der Waals surface area contributed by atoms with E-state index in [9.17, 15) is 9.90 Å². The largest absolute Gasteiger partial charge is 0.391 e. The van der Waals surface area contributed by atoms with Crippen LogP contribution in [0.15, 0.2) is 36.4 Å². The van der Waals surface area contributed by atoms with Crippen molar-refractivity contribution >= 4 is 5.91 Å². The van der Waals surface area contributed by atoms with Gasteiger partial charge >= 0.3 is 0 Å². The second kappa shape index (κ2) is 3.46. The minimum Gasteiger partial charge on any atom is -0.391 e. The van der Waals surface area contributed by atoms with Gasteiger partial charge in [-0.05, 0) is 18.1 Å². The van der Waals surface area contributed by atoms with E-state index in [1.807, 2.05) is 30.3 Å². The van der Waals surface area contributed by atoms with E-state index in [1.165, 1.54) is 0 Å². The van der Waals surface area contributed by atoms with Gasteiger partial charge in [0, 0.05) is 11.5 Å². The molecule has 0 unspecified atom stereocenters. The van der Waals surface area contributed by atoms with Gasteiger partial charge in [0.25, 0.3) is 5.91 Å². The molecule has 1 aliphatic carbocycles. The predicted octanol–water partition coefficient (Wildman–Crippen LogP) is 1.20. The first kappa shape index (κ1) is 9.60. The number of carbonyl (C=O) groups is 1. The van der Waals surface area contributed by atoms with Gasteiger partial charge in [-0.1, -0.05) is 30.4 Å². The molecular formula is C13H13NO2. The van der Waals surface area contributed by atoms with Crippen LogP contribution in [0, 0.1) is 0 Å². The third kappa shape index (κ3) is 1.28. The van der Waals surface area contributed by atoms with Gasteiger partial charge in [-0.15, -0.1) is 0 Å². The molecule has 1 aromatic carbocycles. The Balaban J connectivity index is 2.13. The predicted molar refractivity (Wildman–Crippen MR) is 60.2 cm³/mol. The normalized spacial score (nSPS) is 31.6. The summed E-state index contributed by atoms with van der Waals surface area (Å²) in [4.78, 5) is 11.8. The van der Waals surface area contributed by atoms with Gasteiger partial charge < -0.3 is 10.4 Å². The van der Waals surface area contributed by atoms with Crippen LogP contribution in [-0.4, -0.2) is 23.2 Å². The molecule has 0 bridgehead atoms. The van der Waals surface area contributed by atoms with Gasteiger partial charge in [0.2, 0.25) is 0 Å². The van der Waals surface area contributed by atoms with Crippen molar-refractivity contribution in [1.29, 1.82) is 0 Å². The molecule has 1 heterocycles. The molecule has 82 valence electrons. The number of fused-ring (bicyclic) bond motifs is 3. The van der Waals surface area contributed by atoms with Gasteiger partial charge in [0.15, 0.2) is 0 Å². The molecular weight excluding hydrogens is 202 g/mol. The van der Waals surface area contributed by atoms with Crippen molar-refractivity contribution in [2.24, 2.45) is 0 Å². The Labute approximate surface area is 93.8 Å². The lowest BCUT2D eigenvalue weighted by Crippen LogP contribution is -2.51. The summed E-state index contributed by atoms with van der Waals surface area (Å²) in [6.45, 7) is 0. The lowest BCUT2D eigenvalue weighted by atomic mass is 9.78. The summed E-state index contributed by atoms with van der Waals surface area (Å²) in [5, 5.41) is 12.8. The molecule has 2 aliphatic rings. The summed E-state index contributed by atoms with van der Waals surface area (Å²) in [6.07, 6.45) is 4.20. The fourth-order valence-corrected chi connectivity index (χ4v) is 2.58. The van der Waals surface area contributed by atoms with E-state index in [4.69, 9.17) is 0 Å². The summed E-state index contributed by atoms with van der Waals surface area (Å²) < 4.78 is 0.